The molecule has 0 radical (unpaired) electrons. The van der Waals surface area contributed by atoms with Crippen molar-refractivity contribution < 1.29 is 18.7 Å². The van der Waals surface area contributed by atoms with Gasteiger partial charge in [-0.15, -0.1) is 0 Å². The third-order valence-electron chi connectivity index (χ3n) is 8.44. The zero-order chi connectivity index (χ0) is 18.2. The molecule has 0 spiro atoms. The van der Waals surface area contributed by atoms with Crippen molar-refractivity contribution in [2.45, 2.75) is 70.9 Å². The molecule has 144 valence electrons. The number of carbonyl (C=O) groups is 1. The highest BCUT2D eigenvalue weighted by Crippen LogP contribution is 2.64. The van der Waals surface area contributed by atoms with Crippen molar-refractivity contribution in [3.05, 3.63) is 0 Å². The molecule has 0 aromatic carbocycles. The van der Waals surface area contributed by atoms with Crippen LogP contribution < -0.4 is 0 Å². The minimum atomic E-state index is -0.556. The van der Waals surface area contributed by atoms with Gasteiger partial charge in [0.15, 0.2) is 5.78 Å². The molecule has 25 heavy (non-hydrogen) atoms. The molecule has 4 heteroatoms. The number of aliphatic hydroxyl groups is 1. The van der Waals surface area contributed by atoms with Crippen LogP contribution in [-0.2, 0) is 4.79 Å². The first-order chi connectivity index (χ1) is 12.0. The number of aliphatic hydroxyl groups excluding tert-OH is 1. The number of halogens is 2. The van der Waals surface area contributed by atoms with E-state index in [0.717, 1.165) is 56.3 Å². The van der Waals surface area contributed by atoms with Gasteiger partial charge in [-0.1, -0.05) is 6.92 Å². The molecule has 8 atom stereocenters. The molecule has 0 saturated heterocycles. The Hall–Kier alpha value is -0.510. The number of hydrogen-bond donors (Lipinski definition) is 1. The summed E-state index contributed by atoms with van der Waals surface area (Å²) in [5.74, 6) is 3.71. The predicted octanol–water partition coefficient (Wildman–Crippen LogP) is 4.74. The van der Waals surface area contributed by atoms with E-state index in [1.807, 2.05) is 0 Å². The van der Waals surface area contributed by atoms with Gasteiger partial charge in [0, 0.05) is 5.92 Å². The topological polar surface area (TPSA) is 37.3 Å². The number of rotatable bonds is 2. The van der Waals surface area contributed by atoms with Crippen molar-refractivity contribution in [2.24, 2.45) is 40.9 Å². The Morgan fingerprint density at radius 3 is 2.44 bits per heavy atom. The van der Waals surface area contributed by atoms with E-state index in [0.29, 0.717) is 19.0 Å². The molecule has 1 N–H and O–H groups in total. The summed E-state index contributed by atoms with van der Waals surface area (Å²) in [6.45, 7) is 2.04. The summed E-state index contributed by atoms with van der Waals surface area (Å²) in [4.78, 5) is 12.2. The normalized spacial score (nSPS) is 48.4. The lowest BCUT2D eigenvalue weighted by Crippen LogP contribution is -2.49. The van der Waals surface area contributed by atoms with Crippen LogP contribution >= 0.6 is 0 Å². The maximum absolute atomic E-state index is 13.8. The van der Waals surface area contributed by atoms with Crippen molar-refractivity contribution in [1.29, 1.82) is 0 Å². The quantitative estimate of drug-likeness (QED) is 0.776. The third kappa shape index (κ3) is 3.17. The molecule has 0 amide bonds. The van der Waals surface area contributed by atoms with E-state index in [2.05, 4.69) is 6.92 Å². The van der Waals surface area contributed by atoms with E-state index >= 15 is 0 Å². The molecule has 4 saturated carbocycles. The summed E-state index contributed by atoms with van der Waals surface area (Å²) in [5, 5.41) is 9.33. The van der Waals surface area contributed by atoms with Crippen molar-refractivity contribution >= 4 is 5.78 Å². The van der Waals surface area contributed by atoms with Crippen LogP contribution in [0.1, 0.15) is 64.7 Å². The summed E-state index contributed by atoms with van der Waals surface area (Å²) in [6.07, 6.45) is 9.08. The molecular formula is C21H34F2O2. The lowest BCUT2D eigenvalue weighted by molar-refractivity contribution is -0.133. The largest absolute Gasteiger partial charge is 0.389 e. The smallest absolute Gasteiger partial charge is 0.161 e. The molecule has 0 heterocycles. The standard InChI is InChI=1S/C20H31FO2.CH3F/c1-20-9-8-15-14-5-3-13(21)10-12(14)2-4-16(15)17(20)6-7-18(20)19(23)11-22;1-2/h12-18,22H,2-11H2,1H3;1H3/t12?,13-,14?,15?,16?,17?,18?,20?;/m0./s1. The minimum Gasteiger partial charge on any atom is -0.389 e. The lowest BCUT2D eigenvalue weighted by Gasteiger charge is -2.55. The number of fused-ring (bicyclic) bond motifs is 5. The monoisotopic (exact) mass is 356 g/mol. The SMILES string of the molecule is CC12CCC3C4CC[C@H](F)CC4CCC3C1CCC2C(=O)CO.CF. The summed E-state index contributed by atoms with van der Waals surface area (Å²) < 4.78 is 23.3. The van der Waals surface area contributed by atoms with Gasteiger partial charge < -0.3 is 5.11 Å². The van der Waals surface area contributed by atoms with Gasteiger partial charge in [-0.2, -0.15) is 0 Å². The molecule has 4 rings (SSSR count). The zero-order valence-corrected chi connectivity index (χ0v) is 15.7. The average Bonchev–Trinajstić information content (AvgIpc) is 2.99. The van der Waals surface area contributed by atoms with Gasteiger partial charge in [0.25, 0.3) is 0 Å². The fourth-order valence-electron chi connectivity index (χ4n) is 7.44. The number of Topliss-reactive ketones (excluding diaryl/α,β-unsaturated/α-hetero) is 1. The van der Waals surface area contributed by atoms with Crippen molar-refractivity contribution in [2.75, 3.05) is 13.8 Å². The first-order valence-corrected chi connectivity index (χ1v) is 10.2. The highest BCUT2D eigenvalue weighted by atomic mass is 19.1. The Bertz CT molecular complexity index is 483. The van der Waals surface area contributed by atoms with Crippen LogP contribution in [-0.4, -0.2) is 30.8 Å². The Balaban J connectivity index is 0.000000880. The fourth-order valence-corrected chi connectivity index (χ4v) is 7.44. The van der Waals surface area contributed by atoms with Crippen LogP contribution in [0.25, 0.3) is 0 Å². The third-order valence-corrected chi connectivity index (χ3v) is 8.44. The predicted molar refractivity (Wildman–Crippen MR) is 94.6 cm³/mol. The maximum atomic E-state index is 13.8. The molecular weight excluding hydrogens is 322 g/mol. The number of carbonyl (C=O) groups excluding carboxylic acids is 1. The van der Waals surface area contributed by atoms with E-state index < -0.39 is 6.17 Å². The Labute approximate surface area is 150 Å². The summed E-state index contributed by atoms with van der Waals surface area (Å²) >= 11 is 0. The average molecular weight is 356 g/mol. The summed E-state index contributed by atoms with van der Waals surface area (Å²) in [5.41, 5.74) is 0.116. The van der Waals surface area contributed by atoms with Crippen LogP contribution in [0.5, 0.6) is 0 Å². The van der Waals surface area contributed by atoms with Crippen molar-refractivity contribution in [1.82, 2.24) is 0 Å². The summed E-state index contributed by atoms with van der Waals surface area (Å²) in [6, 6.07) is 0. The molecule has 4 fully saturated rings. The fraction of sp³-hybridized carbons (Fsp3) is 0.952. The molecule has 2 nitrogen and oxygen atoms in total. The Kier molecular flexibility index (Phi) is 5.87. The molecule has 7 unspecified atom stereocenters. The Morgan fingerprint density at radius 2 is 1.72 bits per heavy atom. The van der Waals surface area contributed by atoms with Crippen molar-refractivity contribution in [3.63, 3.8) is 0 Å². The summed E-state index contributed by atoms with van der Waals surface area (Å²) in [7, 11) is 0.500. The van der Waals surface area contributed by atoms with Crippen LogP contribution in [0, 0.1) is 40.9 Å². The molecule has 0 aromatic rings. The van der Waals surface area contributed by atoms with Crippen LogP contribution in [0.15, 0.2) is 0 Å². The highest BCUT2D eigenvalue weighted by molar-refractivity contribution is 5.83. The number of hydrogen-bond acceptors (Lipinski definition) is 2. The maximum Gasteiger partial charge on any atom is 0.161 e. The van der Waals surface area contributed by atoms with Crippen LogP contribution in [0.4, 0.5) is 8.78 Å². The minimum absolute atomic E-state index is 0.0695. The van der Waals surface area contributed by atoms with Gasteiger partial charge in [0.05, 0.1) is 7.18 Å². The molecule has 0 aliphatic heterocycles. The van der Waals surface area contributed by atoms with Crippen LogP contribution in [0.3, 0.4) is 0 Å². The van der Waals surface area contributed by atoms with Gasteiger partial charge >= 0.3 is 0 Å². The van der Waals surface area contributed by atoms with E-state index in [1.165, 1.54) is 19.3 Å². The second kappa shape index (κ2) is 7.62. The van der Waals surface area contributed by atoms with Gasteiger partial charge in [0.1, 0.15) is 12.8 Å². The van der Waals surface area contributed by atoms with E-state index in [-0.39, 0.29) is 23.7 Å². The van der Waals surface area contributed by atoms with Gasteiger partial charge in [0.2, 0.25) is 0 Å². The first-order valence-electron chi connectivity index (χ1n) is 10.2. The molecule has 4 aliphatic rings. The molecule has 0 bridgehead atoms. The first kappa shape index (κ1) is 19.3. The number of ketones is 1. The van der Waals surface area contributed by atoms with E-state index in [1.54, 1.807) is 0 Å². The molecule has 0 aromatic heterocycles. The lowest BCUT2D eigenvalue weighted by atomic mass is 9.49. The van der Waals surface area contributed by atoms with Gasteiger partial charge in [-0.3, -0.25) is 9.18 Å². The van der Waals surface area contributed by atoms with E-state index in [9.17, 15) is 18.7 Å². The number of alkyl halides is 2. The zero-order valence-electron chi connectivity index (χ0n) is 15.7. The molecule has 4 aliphatic carbocycles. The second-order valence-electron chi connectivity index (χ2n) is 9.14. The highest BCUT2D eigenvalue weighted by Gasteiger charge is 2.58. The van der Waals surface area contributed by atoms with Gasteiger partial charge in [-0.25, -0.2) is 4.39 Å². The van der Waals surface area contributed by atoms with E-state index in [4.69, 9.17) is 0 Å². The Morgan fingerprint density at radius 1 is 1.00 bits per heavy atom. The van der Waals surface area contributed by atoms with Gasteiger partial charge in [-0.05, 0) is 92.8 Å². The van der Waals surface area contributed by atoms with Crippen LogP contribution in [0.2, 0.25) is 0 Å². The second-order valence-corrected chi connectivity index (χ2v) is 9.14. The van der Waals surface area contributed by atoms with Crippen molar-refractivity contribution in [3.8, 4) is 0 Å².